The highest BCUT2D eigenvalue weighted by molar-refractivity contribution is 5.86. The van der Waals surface area contributed by atoms with Gasteiger partial charge in [0.05, 0.1) is 0 Å². The summed E-state index contributed by atoms with van der Waals surface area (Å²) in [6.07, 6.45) is 4.73. The standard InChI is InChI=1S/C12H24O2/c1-5-8-9-10-11(13)12(4,6-2)14-7-3/h5-10H2,1-4H3. The monoisotopic (exact) mass is 200 g/mol. The van der Waals surface area contributed by atoms with E-state index in [-0.39, 0.29) is 5.78 Å². The number of hydrogen-bond acceptors (Lipinski definition) is 2. The zero-order valence-electron chi connectivity index (χ0n) is 10.1. The van der Waals surface area contributed by atoms with Gasteiger partial charge in [0, 0.05) is 13.0 Å². The first-order valence-corrected chi connectivity index (χ1v) is 5.78. The molecule has 0 saturated carbocycles. The molecule has 0 aliphatic carbocycles. The zero-order valence-corrected chi connectivity index (χ0v) is 10.1. The van der Waals surface area contributed by atoms with Gasteiger partial charge in [0.2, 0.25) is 0 Å². The molecule has 2 heteroatoms. The van der Waals surface area contributed by atoms with Gasteiger partial charge >= 0.3 is 0 Å². The maximum absolute atomic E-state index is 11.8. The topological polar surface area (TPSA) is 26.3 Å². The smallest absolute Gasteiger partial charge is 0.164 e. The average molecular weight is 200 g/mol. The second kappa shape index (κ2) is 6.99. The summed E-state index contributed by atoms with van der Waals surface area (Å²) in [4.78, 5) is 11.8. The Morgan fingerprint density at radius 3 is 2.29 bits per heavy atom. The van der Waals surface area contributed by atoms with Gasteiger partial charge in [-0.05, 0) is 26.7 Å². The normalized spacial score (nSPS) is 15.1. The molecule has 0 amide bonds. The van der Waals surface area contributed by atoms with Crippen LogP contribution < -0.4 is 0 Å². The van der Waals surface area contributed by atoms with Crippen molar-refractivity contribution in [2.24, 2.45) is 0 Å². The first kappa shape index (κ1) is 13.6. The number of carbonyl (C=O) groups is 1. The van der Waals surface area contributed by atoms with Crippen LogP contribution in [-0.2, 0) is 9.53 Å². The van der Waals surface area contributed by atoms with Gasteiger partial charge in [-0.1, -0.05) is 26.7 Å². The van der Waals surface area contributed by atoms with Crippen LogP contribution in [0.1, 0.15) is 59.8 Å². The number of rotatable bonds is 8. The summed E-state index contributed by atoms with van der Waals surface area (Å²) in [7, 11) is 0. The van der Waals surface area contributed by atoms with Gasteiger partial charge in [0.1, 0.15) is 5.60 Å². The zero-order chi connectivity index (χ0) is 11.0. The molecule has 0 aromatic carbocycles. The van der Waals surface area contributed by atoms with Crippen molar-refractivity contribution in [2.45, 2.75) is 65.4 Å². The molecule has 0 N–H and O–H groups in total. The number of carbonyl (C=O) groups excluding carboxylic acids is 1. The van der Waals surface area contributed by atoms with Gasteiger partial charge in [0.25, 0.3) is 0 Å². The summed E-state index contributed by atoms with van der Waals surface area (Å²) in [5.41, 5.74) is -0.539. The van der Waals surface area contributed by atoms with Crippen LogP contribution in [0.2, 0.25) is 0 Å². The molecule has 14 heavy (non-hydrogen) atoms. The molecule has 0 heterocycles. The van der Waals surface area contributed by atoms with E-state index < -0.39 is 5.60 Å². The lowest BCUT2D eigenvalue weighted by atomic mass is 9.93. The lowest BCUT2D eigenvalue weighted by molar-refractivity contribution is -0.142. The Kier molecular flexibility index (Phi) is 6.81. The van der Waals surface area contributed by atoms with Gasteiger partial charge < -0.3 is 4.74 Å². The summed E-state index contributed by atoms with van der Waals surface area (Å²) in [6.45, 7) is 8.61. The summed E-state index contributed by atoms with van der Waals surface area (Å²) < 4.78 is 5.52. The predicted molar refractivity (Wildman–Crippen MR) is 59.5 cm³/mol. The fraction of sp³-hybridized carbons (Fsp3) is 0.917. The molecule has 1 atom stereocenters. The van der Waals surface area contributed by atoms with Crippen molar-refractivity contribution in [3.8, 4) is 0 Å². The molecule has 0 rings (SSSR count). The van der Waals surface area contributed by atoms with Crippen molar-refractivity contribution in [1.82, 2.24) is 0 Å². The van der Waals surface area contributed by atoms with Gasteiger partial charge in [-0.15, -0.1) is 0 Å². The fourth-order valence-corrected chi connectivity index (χ4v) is 1.50. The Morgan fingerprint density at radius 2 is 1.86 bits per heavy atom. The van der Waals surface area contributed by atoms with Crippen LogP contribution in [0, 0.1) is 0 Å². The van der Waals surface area contributed by atoms with Crippen LogP contribution in [0.15, 0.2) is 0 Å². The lowest BCUT2D eigenvalue weighted by Crippen LogP contribution is -2.37. The maximum atomic E-state index is 11.8. The van der Waals surface area contributed by atoms with Crippen molar-refractivity contribution >= 4 is 5.78 Å². The molecule has 2 nitrogen and oxygen atoms in total. The molecule has 0 spiro atoms. The lowest BCUT2D eigenvalue weighted by Gasteiger charge is -2.26. The Hall–Kier alpha value is -0.370. The van der Waals surface area contributed by atoms with E-state index in [0.717, 1.165) is 25.7 Å². The highest BCUT2D eigenvalue weighted by Crippen LogP contribution is 2.19. The van der Waals surface area contributed by atoms with Gasteiger partial charge in [-0.2, -0.15) is 0 Å². The van der Waals surface area contributed by atoms with Crippen molar-refractivity contribution < 1.29 is 9.53 Å². The van der Waals surface area contributed by atoms with Crippen LogP contribution in [0.5, 0.6) is 0 Å². The predicted octanol–water partition coefficient (Wildman–Crippen LogP) is 3.34. The quantitative estimate of drug-likeness (QED) is 0.562. The van der Waals surface area contributed by atoms with E-state index in [9.17, 15) is 4.79 Å². The molecule has 0 fully saturated rings. The van der Waals surface area contributed by atoms with Crippen LogP contribution in [0.4, 0.5) is 0 Å². The SMILES string of the molecule is CCCCCC(=O)C(C)(CC)OCC. The van der Waals surface area contributed by atoms with E-state index in [1.807, 2.05) is 20.8 Å². The molecule has 84 valence electrons. The number of ketones is 1. The Morgan fingerprint density at radius 1 is 1.21 bits per heavy atom. The number of hydrogen-bond donors (Lipinski definition) is 0. The summed E-state index contributed by atoms with van der Waals surface area (Å²) in [6, 6.07) is 0. The van der Waals surface area contributed by atoms with Gasteiger partial charge in [-0.3, -0.25) is 4.79 Å². The summed E-state index contributed by atoms with van der Waals surface area (Å²) in [5.74, 6) is 0.260. The minimum atomic E-state index is -0.539. The first-order chi connectivity index (χ1) is 6.60. The van der Waals surface area contributed by atoms with E-state index in [1.165, 1.54) is 0 Å². The summed E-state index contributed by atoms with van der Waals surface area (Å²) >= 11 is 0. The highest BCUT2D eigenvalue weighted by atomic mass is 16.5. The highest BCUT2D eigenvalue weighted by Gasteiger charge is 2.30. The molecule has 0 aliphatic heterocycles. The van der Waals surface area contributed by atoms with Crippen LogP contribution >= 0.6 is 0 Å². The molecule has 1 unspecified atom stereocenters. The number of ether oxygens (including phenoxy) is 1. The number of Topliss-reactive ketones (excluding diaryl/α,β-unsaturated/α-hetero) is 1. The van der Waals surface area contributed by atoms with Crippen LogP contribution in [-0.4, -0.2) is 18.0 Å². The van der Waals surface area contributed by atoms with E-state index >= 15 is 0 Å². The molecule has 0 aromatic rings. The third-order valence-corrected chi connectivity index (χ3v) is 2.73. The molecule has 0 aromatic heterocycles. The van der Waals surface area contributed by atoms with Gasteiger partial charge in [-0.25, -0.2) is 0 Å². The van der Waals surface area contributed by atoms with Crippen LogP contribution in [0.25, 0.3) is 0 Å². The maximum Gasteiger partial charge on any atom is 0.164 e. The summed E-state index contributed by atoms with van der Waals surface area (Å²) in [5, 5.41) is 0. The molecular weight excluding hydrogens is 176 g/mol. The van der Waals surface area contributed by atoms with E-state index in [4.69, 9.17) is 4.74 Å². The number of unbranched alkanes of at least 4 members (excludes halogenated alkanes) is 2. The van der Waals surface area contributed by atoms with Crippen molar-refractivity contribution in [3.63, 3.8) is 0 Å². The van der Waals surface area contributed by atoms with Crippen molar-refractivity contribution in [2.75, 3.05) is 6.61 Å². The second-order valence-electron chi connectivity index (χ2n) is 3.90. The molecule has 0 saturated heterocycles. The average Bonchev–Trinajstić information content (AvgIpc) is 2.18. The molecule has 0 radical (unpaired) electrons. The molecular formula is C12H24O2. The molecule has 0 bridgehead atoms. The van der Waals surface area contributed by atoms with Crippen LogP contribution in [0.3, 0.4) is 0 Å². The fourth-order valence-electron chi connectivity index (χ4n) is 1.50. The second-order valence-corrected chi connectivity index (χ2v) is 3.90. The van der Waals surface area contributed by atoms with Crippen molar-refractivity contribution in [1.29, 1.82) is 0 Å². The van der Waals surface area contributed by atoms with E-state index in [0.29, 0.717) is 13.0 Å². The Bertz CT molecular complexity index is 166. The largest absolute Gasteiger partial charge is 0.368 e. The van der Waals surface area contributed by atoms with E-state index in [2.05, 4.69) is 6.92 Å². The Balaban J connectivity index is 4.03. The Labute approximate surface area is 88.0 Å². The minimum Gasteiger partial charge on any atom is -0.368 e. The third-order valence-electron chi connectivity index (χ3n) is 2.73. The van der Waals surface area contributed by atoms with Crippen molar-refractivity contribution in [3.05, 3.63) is 0 Å². The third kappa shape index (κ3) is 4.23. The van der Waals surface area contributed by atoms with E-state index in [1.54, 1.807) is 0 Å². The minimum absolute atomic E-state index is 0.260. The molecule has 0 aliphatic rings. The first-order valence-electron chi connectivity index (χ1n) is 5.78. The van der Waals surface area contributed by atoms with Gasteiger partial charge in [0.15, 0.2) is 5.78 Å².